The molecule has 0 aromatic heterocycles. The Morgan fingerprint density at radius 2 is 1.66 bits per heavy atom. The Bertz CT molecular complexity index is 1120. The normalized spacial score (nSPS) is 21.2. The maximum absolute atomic E-state index is 13.8. The molecule has 2 unspecified atom stereocenters. The van der Waals surface area contributed by atoms with E-state index in [2.05, 4.69) is 5.32 Å². The van der Waals surface area contributed by atoms with E-state index in [1.54, 1.807) is 0 Å². The van der Waals surface area contributed by atoms with Gasteiger partial charge in [-0.1, -0.05) is 48.5 Å². The quantitative estimate of drug-likeness (QED) is 0.619. The van der Waals surface area contributed by atoms with Crippen LogP contribution in [0.15, 0.2) is 48.5 Å². The van der Waals surface area contributed by atoms with Gasteiger partial charge in [0, 0.05) is 24.8 Å². The molecule has 184 valence electrons. The van der Waals surface area contributed by atoms with Gasteiger partial charge in [0.1, 0.15) is 12.6 Å². The van der Waals surface area contributed by atoms with Crippen LogP contribution >= 0.6 is 0 Å². The highest BCUT2D eigenvalue weighted by molar-refractivity contribution is 5.85. The first kappa shape index (κ1) is 23.3. The number of carboxylic acid groups (broad SMARTS) is 1. The van der Waals surface area contributed by atoms with Gasteiger partial charge in [0.2, 0.25) is 5.91 Å². The number of hydrogen-bond acceptors (Lipinski definition) is 4. The lowest BCUT2D eigenvalue weighted by Crippen LogP contribution is -2.45. The summed E-state index contributed by atoms with van der Waals surface area (Å²) in [5.41, 5.74) is 4.36. The number of amides is 2. The monoisotopic (exact) mass is 484 g/mol. The van der Waals surface area contributed by atoms with Gasteiger partial charge in [-0.25, -0.2) is 18.4 Å². The predicted octanol–water partition coefficient (Wildman–Crippen LogP) is 4.01. The first-order valence-corrected chi connectivity index (χ1v) is 11.7. The molecule has 7 nitrogen and oxygen atoms in total. The second-order valence-corrected chi connectivity index (χ2v) is 9.55. The fourth-order valence-electron chi connectivity index (χ4n) is 5.23. The summed E-state index contributed by atoms with van der Waals surface area (Å²) in [7, 11) is 0. The average Bonchev–Trinajstić information content (AvgIpc) is 3.55. The third-order valence-corrected chi connectivity index (χ3v) is 7.11. The van der Waals surface area contributed by atoms with Gasteiger partial charge in [0.05, 0.1) is 6.54 Å². The Morgan fingerprint density at radius 1 is 1.06 bits per heavy atom. The van der Waals surface area contributed by atoms with Crippen LogP contribution < -0.4 is 5.32 Å². The molecule has 2 fully saturated rings. The highest BCUT2D eigenvalue weighted by Crippen LogP contribution is 2.44. The van der Waals surface area contributed by atoms with Crippen molar-refractivity contribution in [3.8, 4) is 11.1 Å². The van der Waals surface area contributed by atoms with Crippen LogP contribution in [0.2, 0.25) is 0 Å². The second-order valence-electron chi connectivity index (χ2n) is 9.55. The molecule has 1 heterocycles. The van der Waals surface area contributed by atoms with Crippen molar-refractivity contribution in [1.29, 1.82) is 0 Å². The molecular weight excluding hydrogens is 458 g/mol. The van der Waals surface area contributed by atoms with Crippen molar-refractivity contribution in [2.45, 2.75) is 49.6 Å². The van der Waals surface area contributed by atoms with E-state index in [9.17, 15) is 28.3 Å². The minimum absolute atomic E-state index is 0.0332. The summed E-state index contributed by atoms with van der Waals surface area (Å²) >= 11 is 0. The van der Waals surface area contributed by atoms with E-state index < -0.39 is 48.9 Å². The summed E-state index contributed by atoms with van der Waals surface area (Å²) < 4.78 is 33.2. The number of benzene rings is 2. The number of carbonyl (C=O) groups is 3. The molecule has 2 aromatic carbocycles. The number of aliphatic carboxylic acids is 1. The van der Waals surface area contributed by atoms with Crippen LogP contribution in [0.1, 0.15) is 42.7 Å². The molecule has 1 saturated carbocycles. The van der Waals surface area contributed by atoms with Gasteiger partial charge in [-0.05, 0) is 41.0 Å². The fourth-order valence-corrected chi connectivity index (χ4v) is 5.23. The minimum atomic E-state index is -3.24. The van der Waals surface area contributed by atoms with Crippen LogP contribution in [-0.4, -0.2) is 59.1 Å². The lowest BCUT2D eigenvalue weighted by atomic mass is 9.98. The Labute approximate surface area is 201 Å². The molecular formula is C26H26F2N2O5. The summed E-state index contributed by atoms with van der Waals surface area (Å²) in [4.78, 5) is 37.5. The van der Waals surface area contributed by atoms with Gasteiger partial charge in [-0.3, -0.25) is 4.79 Å². The Hall–Kier alpha value is -3.49. The smallest absolute Gasteiger partial charge is 0.407 e. The zero-order valence-electron chi connectivity index (χ0n) is 19.0. The van der Waals surface area contributed by atoms with E-state index in [1.807, 2.05) is 48.5 Å². The van der Waals surface area contributed by atoms with E-state index in [0.717, 1.165) is 40.0 Å². The maximum Gasteiger partial charge on any atom is 0.407 e. The molecule has 0 bridgehead atoms. The van der Waals surface area contributed by atoms with Crippen LogP contribution in [0.3, 0.4) is 0 Å². The SMILES string of the molecule is O=C(NC(CC(=O)N1CC(F)(F)CC1C(=O)O)C1CC1)OCC1c2ccccc2-c2ccccc21. The predicted molar refractivity (Wildman–Crippen MR) is 122 cm³/mol. The second kappa shape index (κ2) is 8.94. The molecule has 9 heteroatoms. The highest BCUT2D eigenvalue weighted by Gasteiger charge is 2.50. The van der Waals surface area contributed by atoms with Crippen LogP contribution in [0.5, 0.6) is 0 Å². The third kappa shape index (κ3) is 4.72. The number of alkyl carbamates (subject to hydrolysis) is 1. The summed E-state index contributed by atoms with van der Waals surface area (Å²) in [6, 6.07) is 13.8. The zero-order chi connectivity index (χ0) is 24.7. The molecule has 0 spiro atoms. The average molecular weight is 484 g/mol. The van der Waals surface area contributed by atoms with Crippen LogP contribution in [0.4, 0.5) is 13.6 Å². The van der Waals surface area contributed by atoms with Crippen molar-refractivity contribution in [2.24, 2.45) is 5.92 Å². The molecule has 5 rings (SSSR count). The van der Waals surface area contributed by atoms with Gasteiger partial charge >= 0.3 is 12.1 Å². The molecule has 2 atom stereocenters. The van der Waals surface area contributed by atoms with Gasteiger partial charge in [-0.15, -0.1) is 0 Å². The van der Waals surface area contributed by atoms with Crippen molar-refractivity contribution in [2.75, 3.05) is 13.2 Å². The molecule has 2 aromatic rings. The number of rotatable bonds is 7. The zero-order valence-corrected chi connectivity index (χ0v) is 19.0. The Morgan fingerprint density at radius 3 is 2.23 bits per heavy atom. The molecule has 1 aliphatic heterocycles. The number of fused-ring (bicyclic) bond motifs is 3. The molecule has 35 heavy (non-hydrogen) atoms. The number of halogens is 2. The highest BCUT2D eigenvalue weighted by atomic mass is 19.3. The Kier molecular flexibility index (Phi) is 5.94. The van der Waals surface area contributed by atoms with E-state index in [4.69, 9.17) is 4.74 Å². The number of nitrogens with zero attached hydrogens (tertiary/aromatic N) is 1. The molecule has 2 amide bonds. The van der Waals surface area contributed by atoms with E-state index in [-0.39, 0.29) is 24.9 Å². The number of nitrogens with one attached hydrogen (secondary N) is 1. The van der Waals surface area contributed by atoms with E-state index in [0.29, 0.717) is 0 Å². The molecule has 2 N–H and O–H groups in total. The molecule has 3 aliphatic rings. The summed E-state index contributed by atoms with van der Waals surface area (Å²) in [5.74, 6) is -5.48. The molecule has 2 aliphatic carbocycles. The van der Waals surface area contributed by atoms with Crippen molar-refractivity contribution < 1.29 is 33.0 Å². The lowest BCUT2D eigenvalue weighted by molar-refractivity contribution is -0.148. The van der Waals surface area contributed by atoms with Crippen molar-refractivity contribution in [3.05, 3.63) is 59.7 Å². The van der Waals surface area contributed by atoms with Crippen molar-refractivity contribution in [1.82, 2.24) is 10.2 Å². The minimum Gasteiger partial charge on any atom is -0.480 e. The topological polar surface area (TPSA) is 95.9 Å². The van der Waals surface area contributed by atoms with Crippen molar-refractivity contribution in [3.63, 3.8) is 0 Å². The van der Waals surface area contributed by atoms with Crippen molar-refractivity contribution >= 4 is 18.0 Å². The molecule has 1 saturated heterocycles. The van der Waals surface area contributed by atoms with Gasteiger partial charge in [0.15, 0.2) is 0 Å². The summed E-state index contributed by atoms with van der Waals surface area (Å²) in [5, 5.41) is 12.0. The van der Waals surface area contributed by atoms with Gasteiger partial charge < -0.3 is 20.1 Å². The number of hydrogen-bond donors (Lipinski definition) is 2. The van der Waals surface area contributed by atoms with E-state index >= 15 is 0 Å². The number of ether oxygens (including phenoxy) is 1. The van der Waals surface area contributed by atoms with Crippen LogP contribution in [0.25, 0.3) is 11.1 Å². The maximum atomic E-state index is 13.8. The first-order valence-electron chi connectivity index (χ1n) is 11.7. The summed E-state index contributed by atoms with van der Waals surface area (Å²) in [6.07, 6.45) is -0.241. The number of carbonyl (C=O) groups excluding carboxylic acids is 2. The third-order valence-electron chi connectivity index (χ3n) is 7.11. The lowest BCUT2D eigenvalue weighted by Gasteiger charge is -2.25. The molecule has 0 radical (unpaired) electrons. The fraction of sp³-hybridized carbons (Fsp3) is 0.423. The van der Waals surface area contributed by atoms with Gasteiger partial charge in [0.25, 0.3) is 5.92 Å². The first-order chi connectivity index (χ1) is 16.7. The number of carboxylic acids is 1. The largest absolute Gasteiger partial charge is 0.480 e. The van der Waals surface area contributed by atoms with Crippen LogP contribution in [-0.2, 0) is 14.3 Å². The van der Waals surface area contributed by atoms with Gasteiger partial charge in [-0.2, -0.15) is 0 Å². The number of alkyl halides is 2. The van der Waals surface area contributed by atoms with E-state index in [1.165, 1.54) is 0 Å². The summed E-state index contributed by atoms with van der Waals surface area (Å²) in [6.45, 7) is -0.810. The Balaban J connectivity index is 1.22. The van der Waals surface area contributed by atoms with Crippen LogP contribution in [0, 0.1) is 5.92 Å². The standard InChI is InChI=1S/C26H26F2N2O5/c27-26(28)12-22(24(32)33)30(14-26)23(31)11-21(15-9-10-15)29-25(34)35-13-20-18-7-3-1-5-16(18)17-6-2-4-8-19(17)20/h1-8,15,20-22H,9-14H2,(H,29,34)(H,32,33). The number of likely N-dealkylation sites (tertiary alicyclic amines) is 1.